The standard InChI is InChI=1S/C14H19NO2/c1-2-17-14(16)13-8-9-15(11-13)10-12-6-4-3-5-7-12/h3-7,13H,2,8-11H2,1H3/p+1/t13-/m1/s1. The first-order chi connectivity index (χ1) is 8.29. The Morgan fingerprint density at radius 1 is 1.41 bits per heavy atom. The highest BCUT2D eigenvalue weighted by Gasteiger charge is 2.32. The van der Waals surface area contributed by atoms with Crippen LogP contribution in [0.15, 0.2) is 30.3 Å². The molecule has 1 aliphatic heterocycles. The highest BCUT2D eigenvalue weighted by Crippen LogP contribution is 2.07. The summed E-state index contributed by atoms with van der Waals surface area (Å²) in [4.78, 5) is 13.1. The summed E-state index contributed by atoms with van der Waals surface area (Å²) in [5.41, 5.74) is 1.34. The van der Waals surface area contributed by atoms with E-state index >= 15 is 0 Å². The van der Waals surface area contributed by atoms with Crippen LogP contribution in [0.1, 0.15) is 18.9 Å². The first-order valence-electron chi connectivity index (χ1n) is 6.33. The fourth-order valence-corrected chi connectivity index (χ4v) is 2.44. The topological polar surface area (TPSA) is 30.7 Å². The van der Waals surface area contributed by atoms with Gasteiger partial charge in [0, 0.05) is 12.0 Å². The lowest BCUT2D eigenvalue weighted by Gasteiger charge is -2.12. The molecule has 1 fully saturated rings. The summed E-state index contributed by atoms with van der Waals surface area (Å²) in [5, 5.41) is 0. The van der Waals surface area contributed by atoms with Gasteiger partial charge in [0.15, 0.2) is 0 Å². The molecule has 1 aromatic rings. The van der Waals surface area contributed by atoms with E-state index in [1.54, 1.807) is 0 Å². The molecule has 1 heterocycles. The number of esters is 1. The lowest BCUT2D eigenvalue weighted by molar-refractivity contribution is -0.902. The number of carbonyl (C=O) groups is 1. The molecule has 92 valence electrons. The fourth-order valence-electron chi connectivity index (χ4n) is 2.44. The van der Waals surface area contributed by atoms with Crippen molar-refractivity contribution in [3.63, 3.8) is 0 Å². The molecular weight excluding hydrogens is 214 g/mol. The van der Waals surface area contributed by atoms with Crippen LogP contribution in [0.3, 0.4) is 0 Å². The molecular formula is C14H20NO2+. The number of hydrogen-bond donors (Lipinski definition) is 1. The number of rotatable bonds is 4. The molecule has 0 amide bonds. The van der Waals surface area contributed by atoms with Crippen molar-refractivity contribution < 1.29 is 14.4 Å². The number of carbonyl (C=O) groups excluding carboxylic acids is 1. The summed E-state index contributed by atoms with van der Waals surface area (Å²) in [5.74, 6) is 0.0872. The maximum Gasteiger partial charge on any atom is 0.314 e. The number of likely N-dealkylation sites (tertiary alicyclic amines) is 1. The lowest BCUT2D eigenvalue weighted by Crippen LogP contribution is -3.09. The Morgan fingerprint density at radius 2 is 2.18 bits per heavy atom. The molecule has 17 heavy (non-hydrogen) atoms. The van der Waals surface area contributed by atoms with Crippen LogP contribution in [-0.2, 0) is 16.1 Å². The van der Waals surface area contributed by atoms with Crippen molar-refractivity contribution >= 4 is 5.97 Å². The van der Waals surface area contributed by atoms with Gasteiger partial charge in [-0.3, -0.25) is 4.79 Å². The van der Waals surface area contributed by atoms with Gasteiger partial charge in [-0.1, -0.05) is 30.3 Å². The largest absolute Gasteiger partial charge is 0.466 e. The Morgan fingerprint density at radius 3 is 2.88 bits per heavy atom. The van der Waals surface area contributed by atoms with E-state index in [4.69, 9.17) is 4.74 Å². The molecule has 0 saturated carbocycles. The first kappa shape index (κ1) is 12.1. The summed E-state index contributed by atoms with van der Waals surface area (Å²) < 4.78 is 5.07. The summed E-state index contributed by atoms with van der Waals surface area (Å²) in [7, 11) is 0. The number of benzene rings is 1. The summed E-state index contributed by atoms with van der Waals surface area (Å²) in [6.07, 6.45) is 0.959. The molecule has 3 nitrogen and oxygen atoms in total. The first-order valence-corrected chi connectivity index (χ1v) is 6.33. The van der Waals surface area contributed by atoms with Crippen molar-refractivity contribution in [3.05, 3.63) is 35.9 Å². The molecule has 1 aliphatic rings. The van der Waals surface area contributed by atoms with E-state index in [0.29, 0.717) is 6.61 Å². The molecule has 0 spiro atoms. The molecule has 1 unspecified atom stereocenters. The van der Waals surface area contributed by atoms with Gasteiger partial charge in [-0.05, 0) is 6.92 Å². The van der Waals surface area contributed by atoms with Crippen LogP contribution in [0.25, 0.3) is 0 Å². The fraction of sp³-hybridized carbons (Fsp3) is 0.500. The number of nitrogens with one attached hydrogen (secondary N) is 1. The molecule has 1 N–H and O–H groups in total. The Bertz CT molecular complexity index is 364. The minimum Gasteiger partial charge on any atom is -0.466 e. The van der Waals surface area contributed by atoms with Gasteiger partial charge in [0.25, 0.3) is 0 Å². The van der Waals surface area contributed by atoms with E-state index in [1.165, 1.54) is 10.5 Å². The molecule has 2 atom stereocenters. The van der Waals surface area contributed by atoms with Crippen molar-refractivity contribution in [1.82, 2.24) is 0 Å². The quantitative estimate of drug-likeness (QED) is 0.776. The zero-order valence-electron chi connectivity index (χ0n) is 10.3. The minimum absolute atomic E-state index is 0.0180. The molecule has 1 saturated heterocycles. The maximum atomic E-state index is 11.6. The van der Waals surface area contributed by atoms with Crippen LogP contribution in [0.5, 0.6) is 0 Å². The van der Waals surface area contributed by atoms with Gasteiger partial charge < -0.3 is 9.64 Å². The van der Waals surface area contributed by atoms with Gasteiger partial charge in [0.2, 0.25) is 0 Å². The predicted molar refractivity (Wildman–Crippen MR) is 65.6 cm³/mol. The Labute approximate surface area is 102 Å². The van der Waals surface area contributed by atoms with Crippen molar-refractivity contribution in [2.24, 2.45) is 5.92 Å². The van der Waals surface area contributed by atoms with Crippen LogP contribution in [-0.4, -0.2) is 25.7 Å². The molecule has 0 aromatic heterocycles. The zero-order chi connectivity index (χ0) is 12.1. The van der Waals surface area contributed by atoms with Gasteiger partial charge in [0.05, 0.1) is 19.7 Å². The SMILES string of the molecule is CCOC(=O)[C@@H]1CC[NH+](Cc2ccccc2)C1. The smallest absolute Gasteiger partial charge is 0.314 e. The molecule has 0 aliphatic carbocycles. The molecule has 0 bridgehead atoms. The van der Waals surface area contributed by atoms with E-state index in [-0.39, 0.29) is 11.9 Å². The Hall–Kier alpha value is -1.35. The van der Waals surface area contributed by atoms with Crippen LogP contribution < -0.4 is 4.90 Å². The third-order valence-corrected chi connectivity index (χ3v) is 3.30. The second kappa shape index (κ2) is 5.82. The van der Waals surface area contributed by atoms with Gasteiger partial charge in [-0.25, -0.2) is 0 Å². The minimum atomic E-state index is -0.0180. The third kappa shape index (κ3) is 3.30. The second-order valence-corrected chi connectivity index (χ2v) is 4.60. The van der Waals surface area contributed by atoms with Crippen molar-refractivity contribution in [1.29, 1.82) is 0 Å². The highest BCUT2D eigenvalue weighted by molar-refractivity contribution is 5.72. The van der Waals surface area contributed by atoms with E-state index in [9.17, 15) is 4.79 Å². The maximum absolute atomic E-state index is 11.6. The van der Waals surface area contributed by atoms with E-state index in [1.807, 2.05) is 13.0 Å². The van der Waals surface area contributed by atoms with Crippen molar-refractivity contribution in [2.75, 3.05) is 19.7 Å². The summed E-state index contributed by atoms with van der Waals surface area (Å²) in [6.45, 7) is 5.34. The molecule has 1 aromatic carbocycles. The van der Waals surface area contributed by atoms with E-state index in [0.717, 1.165) is 26.1 Å². The number of ether oxygens (including phenoxy) is 1. The summed E-state index contributed by atoms with van der Waals surface area (Å²) in [6, 6.07) is 10.4. The molecule has 0 radical (unpaired) electrons. The van der Waals surface area contributed by atoms with Crippen LogP contribution >= 0.6 is 0 Å². The normalized spacial score (nSPS) is 23.6. The van der Waals surface area contributed by atoms with Gasteiger partial charge in [-0.2, -0.15) is 0 Å². The number of quaternary nitrogens is 1. The Kier molecular flexibility index (Phi) is 4.15. The zero-order valence-corrected chi connectivity index (χ0v) is 10.3. The van der Waals surface area contributed by atoms with Gasteiger partial charge in [0.1, 0.15) is 12.5 Å². The Balaban J connectivity index is 1.84. The molecule has 2 rings (SSSR count). The van der Waals surface area contributed by atoms with Crippen molar-refractivity contribution in [3.8, 4) is 0 Å². The highest BCUT2D eigenvalue weighted by atomic mass is 16.5. The summed E-state index contributed by atoms with van der Waals surface area (Å²) >= 11 is 0. The monoisotopic (exact) mass is 234 g/mol. The number of hydrogen-bond acceptors (Lipinski definition) is 2. The van der Waals surface area contributed by atoms with E-state index in [2.05, 4.69) is 24.3 Å². The second-order valence-electron chi connectivity index (χ2n) is 4.60. The van der Waals surface area contributed by atoms with Crippen LogP contribution in [0.4, 0.5) is 0 Å². The van der Waals surface area contributed by atoms with Crippen molar-refractivity contribution in [2.45, 2.75) is 19.9 Å². The average Bonchev–Trinajstić information content (AvgIpc) is 2.79. The molecule has 3 heteroatoms. The van der Waals surface area contributed by atoms with Gasteiger partial charge >= 0.3 is 5.97 Å². The van der Waals surface area contributed by atoms with Crippen LogP contribution in [0, 0.1) is 5.92 Å². The van der Waals surface area contributed by atoms with Crippen LogP contribution in [0.2, 0.25) is 0 Å². The third-order valence-electron chi connectivity index (χ3n) is 3.30. The average molecular weight is 234 g/mol. The van der Waals surface area contributed by atoms with E-state index < -0.39 is 0 Å². The van der Waals surface area contributed by atoms with Gasteiger partial charge in [-0.15, -0.1) is 0 Å². The lowest BCUT2D eigenvalue weighted by atomic mass is 10.1. The predicted octanol–water partition coefficient (Wildman–Crippen LogP) is 0.655.